The Hall–Kier alpha value is -2.89. The number of rotatable bonds is 5. The highest BCUT2D eigenvalue weighted by molar-refractivity contribution is 5.93. The number of likely N-dealkylation sites (tertiary alicyclic amines) is 1. The fourth-order valence-electron chi connectivity index (χ4n) is 3.03. The van der Waals surface area contributed by atoms with Crippen molar-refractivity contribution in [2.24, 2.45) is 5.92 Å². The third-order valence-electron chi connectivity index (χ3n) is 4.66. The minimum Gasteiger partial charge on any atom is -0.339 e. The van der Waals surface area contributed by atoms with Gasteiger partial charge in [-0.1, -0.05) is 37.3 Å². The van der Waals surface area contributed by atoms with Gasteiger partial charge in [0.05, 0.1) is 0 Å². The van der Waals surface area contributed by atoms with Gasteiger partial charge in [0.25, 0.3) is 0 Å². The molecule has 1 saturated heterocycles. The van der Waals surface area contributed by atoms with Gasteiger partial charge in [-0.3, -0.25) is 14.7 Å². The molecule has 3 rings (SSSR count). The first-order chi connectivity index (χ1) is 12.7. The average molecular weight is 352 g/mol. The van der Waals surface area contributed by atoms with Gasteiger partial charge in [0.1, 0.15) is 0 Å². The van der Waals surface area contributed by atoms with Crippen LogP contribution in [0, 0.1) is 5.92 Å². The number of nitrogens with zero attached hydrogens (tertiary/aromatic N) is 2. The van der Waals surface area contributed by atoms with Crippen molar-refractivity contribution >= 4 is 23.7 Å². The minimum absolute atomic E-state index is 0.00685. The van der Waals surface area contributed by atoms with Crippen molar-refractivity contribution < 1.29 is 9.59 Å². The maximum Gasteiger partial charge on any atom is 0.246 e. The molecule has 1 aliphatic heterocycles. The van der Waals surface area contributed by atoms with E-state index in [-0.39, 0.29) is 17.7 Å². The molecule has 26 heavy (non-hydrogen) atoms. The van der Waals surface area contributed by atoms with Crippen LogP contribution in [0.2, 0.25) is 0 Å². The smallest absolute Gasteiger partial charge is 0.246 e. The summed E-state index contributed by atoms with van der Waals surface area (Å²) in [6.45, 7) is 3.21. The molecule has 1 aliphatic rings. The molecule has 0 unspecified atom stereocenters. The zero-order valence-corrected chi connectivity index (χ0v) is 14.9. The summed E-state index contributed by atoms with van der Waals surface area (Å²) in [6, 6.07) is 11.6. The van der Waals surface area contributed by atoms with E-state index in [1.54, 1.807) is 11.0 Å². The number of hydrogen-bond acceptors (Lipinski definition) is 3. The van der Waals surface area contributed by atoms with Crippen LogP contribution < -0.4 is 5.32 Å². The average Bonchev–Trinajstić information content (AvgIpc) is 3.14. The Bertz CT molecular complexity index is 774. The molecule has 136 valence electrons. The van der Waals surface area contributed by atoms with Gasteiger partial charge in [0, 0.05) is 36.8 Å². The Morgan fingerprint density at radius 1 is 1.27 bits per heavy atom. The van der Waals surface area contributed by atoms with Crippen LogP contribution in [0.4, 0.5) is 5.82 Å². The number of H-pyrrole nitrogens is 1. The second-order valence-corrected chi connectivity index (χ2v) is 6.46. The highest BCUT2D eigenvalue weighted by Gasteiger charge is 2.26. The maximum absolute atomic E-state index is 12.4. The Labute approximate surface area is 153 Å². The zero-order chi connectivity index (χ0) is 18.4. The van der Waals surface area contributed by atoms with Crippen molar-refractivity contribution in [3.8, 4) is 0 Å². The number of nitrogens with one attached hydrogen (secondary N) is 2. The normalized spacial score (nSPS) is 15.3. The molecule has 0 saturated carbocycles. The van der Waals surface area contributed by atoms with Gasteiger partial charge in [-0.15, -0.1) is 0 Å². The number of aryl methyl sites for hydroxylation is 1. The van der Waals surface area contributed by atoms with Crippen LogP contribution in [0.15, 0.2) is 42.5 Å². The van der Waals surface area contributed by atoms with E-state index < -0.39 is 0 Å². The van der Waals surface area contributed by atoms with E-state index in [0.29, 0.717) is 31.7 Å². The van der Waals surface area contributed by atoms with Gasteiger partial charge < -0.3 is 10.2 Å². The van der Waals surface area contributed by atoms with Crippen LogP contribution in [-0.4, -0.2) is 40.0 Å². The van der Waals surface area contributed by atoms with Crippen molar-refractivity contribution in [3.63, 3.8) is 0 Å². The lowest BCUT2D eigenvalue weighted by Crippen LogP contribution is -2.40. The van der Waals surface area contributed by atoms with E-state index in [4.69, 9.17) is 0 Å². The predicted octanol–water partition coefficient (Wildman–Crippen LogP) is 2.86. The standard InChI is InChI=1S/C20H24N4O2/c1-2-17-14-18(23-22-17)21-20(26)16-10-12-24(13-11-16)19(25)9-8-15-6-4-3-5-7-15/h3-9,14,16H,2,10-13H2,1H3,(H2,21,22,23,26). The summed E-state index contributed by atoms with van der Waals surface area (Å²) in [5.74, 6) is 0.453. The van der Waals surface area contributed by atoms with Gasteiger partial charge >= 0.3 is 0 Å². The molecule has 0 atom stereocenters. The molecule has 1 aromatic heterocycles. The summed E-state index contributed by atoms with van der Waals surface area (Å²) >= 11 is 0. The van der Waals surface area contributed by atoms with Crippen LogP contribution in [-0.2, 0) is 16.0 Å². The van der Waals surface area contributed by atoms with E-state index in [1.807, 2.05) is 49.4 Å². The Kier molecular flexibility index (Phi) is 5.84. The number of piperidine rings is 1. The summed E-state index contributed by atoms with van der Waals surface area (Å²) < 4.78 is 0. The third kappa shape index (κ3) is 4.59. The molecule has 0 radical (unpaired) electrons. The molecule has 1 aromatic carbocycles. The minimum atomic E-state index is -0.0843. The summed E-state index contributed by atoms with van der Waals surface area (Å²) in [5, 5.41) is 9.83. The topological polar surface area (TPSA) is 78.1 Å². The van der Waals surface area contributed by atoms with Crippen molar-refractivity contribution in [2.45, 2.75) is 26.2 Å². The van der Waals surface area contributed by atoms with Crippen LogP contribution in [0.3, 0.4) is 0 Å². The second kappa shape index (κ2) is 8.47. The molecule has 6 nitrogen and oxygen atoms in total. The van der Waals surface area contributed by atoms with E-state index in [1.165, 1.54) is 0 Å². The largest absolute Gasteiger partial charge is 0.339 e. The molecular weight excluding hydrogens is 328 g/mol. The van der Waals surface area contributed by atoms with E-state index in [9.17, 15) is 9.59 Å². The van der Waals surface area contributed by atoms with E-state index in [2.05, 4.69) is 15.5 Å². The van der Waals surface area contributed by atoms with Crippen LogP contribution in [0.5, 0.6) is 0 Å². The van der Waals surface area contributed by atoms with Gasteiger partial charge in [-0.2, -0.15) is 5.10 Å². The maximum atomic E-state index is 12.4. The number of carbonyl (C=O) groups is 2. The lowest BCUT2D eigenvalue weighted by molar-refractivity contribution is -0.130. The fourth-order valence-corrected chi connectivity index (χ4v) is 3.03. The lowest BCUT2D eigenvalue weighted by Gasteiger charge is -2.30. The van der Waals surface area contributed by atoms with Crippen molar-refractivity contribution in [3.05, 3.63) is 53.7 Å². The summed E-state index contributed by atoms with van der Waals surface area (Å²) in [4.78, 5) is 26.5. The SMILES string of the molecule is CCc1cc(NC(=O)C2CCN(C(=O)C=Cc3ccccc3)CC2)n[nH]1. The summed E-state index contributed by atoms with van der Waals surface area (Å²) in [6.07, 6.45) is 5.61. The number of benzene rings is 1. The van der Waals surface area contributed by atoms with Gasteiger partial charge in [-0.05, 0) is 30.9 Å². The van der Waals surface area contributed by atoms with Gasteiger partial charge in [0.15, 0.2) is 5.82 Å². The van der Waals surface area contributed by atoms with Gasteiger partial charge in [-0.25, -0.2) is 0 Å². The number of amides is 2. The van der Waals surface area contributed by atoms with E-state index in [0.717, 1.165) is 17.7 Å². The highest BCUT2D eigenvalue weighted by Crippen LogP contribution is 2.20. The highest BCUT2D eigenvalue weighted by atomic mass is 16.2. The van der Waals surface area contributed by atoms with Crippen molar-refractivity contribution in [1.29, 1.82) is 0 Å². The number of carbonyl (C=O) groups excluding carboxylic acids is 2. The zero-order valence-electron chi connectivity index (χ0n) is 14.9. The van der Waals surface area contributed by atoms with Crippen LogP contribution in [0.1, 0.15) is 31.0 Å². The molecule has 0 spiro atoms. The first-order valence-electron chi connectivity index (χ1n) is 9.03. The molecule has 1 fully saturated rings. The molecule has 2 aromatic rings. The molecule has 2 heterocycles. The number of aromatic nitrogens is 2. The van der Waals surface area contributed by atoms with Crippen molar-refractivity contribution in [1.82, 2.24) is 15.1 Å². The number of hydrogen-bond donors (Lipinski definition) is 2. The molecular formula is C20H24N4O2. The lowest BCUT2D eigenvalue weighted by atomic mass is 9.96. The third-order valence-corrected chi connectivity index (χ3v) is 4.66. The monoisotopic (exact) mass is 352 g/mol. The first-order valence-corrected chi connectivity index (χ1v) is 9.03. The molecule has 0 bridgehead atoms. The Morgan fingerprint density at radius 3 is 2.65 bits per heavy atom. The van der Waals surface area contributed by atoms with Crippen molar-refractivity contribution in [2.75, 3.05) is 18.4 Å². The molecule has 6 heteroatoms. The summed E-state index contributed by atoms with van der Waals surface area (Å²) in [5.41, 5.74) is 1.99. The quantitative estimate of drug-likeness (QED) is 0.812. The second-order valence-electron chi connectivity index (χ2n) is 6.46. The Morgan fingerprint density at radius 2 is 2.00 bits per heavy atom. The van der Waals surface area contributed by atoms with Crippen LogP contribution in [0.25, 0.3) is 6.08 Å². The molecule has 0 aliphatic carbocycles. The number of aromatic amines is 1. The predicted molar refractivity (Wildman–Crippen MR) is 101 cm³/mol. The fraction of sp³-hybridized carbons (Fsp3) is 0.350. The first kappa shape index (κ1) is 17.9. The van der Waals surface area contributed by atoms with Crippen LogP contribution >= 0.6 is 0 Å². The molecule has 2 N–H and O–H groups in total. The van der Waals surface area contributed by atoms with E-state index >= 15 is 0 Å². The Balaban J connectivity index is 1.48. The molecule has 2 amide bonds. The number of anilines is 1. The summed E-state index contributed by atoms with van der Waals surface area (Å²) in [7, 11) is 0. The van der Waals surface area contributed by atoms with Gasteiger partial charge in [0.2, 0.25) is 11.8 Å².